The van der Waals surface area contributed by atoms with Gasteiger partial charge in [0, 0.05) is 15.5 Å². The zero-order valence-electron chi connectivity index (χ0n) is 11.0. The lowest BCUT2D eigenvalue weighted by Gasteiger charge is -2.15. The minimum absolute atomic E-state index is 0.206. The number of rotatable bonds is 6. The van der Waals surface area contributed by atoms with Gasteiger partial charge < -0.3 is 15.2 Å². The number of hydrogen-bond acceptors (Lipinski definition) is 3. The standard InChI is InChI=1S/C15H14Br2ClNO2/c16-10-2-1-3-13(6-10)21-9-12(20)8-19-15-5-4-11(17)7-14(15)18/h1-7,12,19-20H,8-9H2. The fourth-order valence-electron chi connectivity index (χ4n) is 1.67. The molecule has 0 radical (unpaired) electrons. The van der Waals surface area contributed by atoms with Crippen molar-refractivity contribution >= 4 is 49.1 Å². The molecule has 0 fully saturated rings. The van der Waals surface area contributed by atoms with Crippen LogP contribution in [0, 0.1) is 0 Å². The maximum absolute atomic E-state index is 9.94. The second kappa shape index (κ2) is 8.03. The Labute approximate surface area is 145 Å². The van der Waals surface area contributed by atoms with E-state index in [4.69, 9.17) is 16.3 Å². The Kier molecular flexibility index (Phi) is 6.36. The molecule has 0 aliphatic heterocycles. The van der Waals surface area contributed by atoms with Crippen molar-refractivity contribution in [2.75, 3.05) is 18.5 Å². The van der Waals surface area contributed by atoms with E-state index in [1.54, 1.807) is 6.07 Å². The summed E-state index contributed by atoms with van der Waals surface area (Å²) < 4.78 is 7.38. The first-order valence-electron chi connectivity index (χ1n) is 6.30. The van der Waals surface area contributed by atoms with Gasteiger partial charge in [0.05, 0.1) is 10.7 Å². The molecule has 3 nitrogen and oxygen atoms in total. The molecule has 21 heavy (non-hydrogen) atoms. The predicted molar refractivity (Wildman–Crippen MR) is 93.3 cm³/mol. The molecule has 1 unspecified atom stereocenters. The summed E-state index contributed by atoms with van der Waals surface area (Å²) in [6.07, 6.45) is -0.635. The van der Waals surface area contributed by atoms with Crippen LogP contribution in [0.3, 0.4) is 0 Å². The number of anilines is 1. The smallest absolute Gasteiger partial charge is 0.120 e. The minimum atomic E-state index is -0.635. The first-order valence-corrected chi connectivity index (χ1v) is 8.26. The molecule has 2 N–H and O–H groups in total. The monoisotopic (exact) mass is 433 g/mol. The molecule has 2 aromatic carbocycles. The summed E-state index contributed by atoms with van der Waals surface area (Å²) in [6, 6.07) is 13.0. The van der Waals surface area contributed by atoms with Crippen LogP contribution in [0.5, 0.6) is 5.75 Å². The lowest BCUT2D eigenvalue weighted by molar-refractivity contribution is 0.117. The summed E-state index contributed by atoms with van der Waals surface area (Å²) in [5.74, 6) is 0.713. The van der Waals surface area contributed by atoms with Crippen molar-refractivity contribution in [3.05, 3.63) is 56.4 Å². The van der Waals surface area contributed by atoms with Crippen LogP contribution in [-0.4, -0.2) is 24.4 Å². The van der Waals surface area contributed by atoms with E-state index in [-0.39, 0.29) is 6.61 Å². The normalized spacial score (nSPS) is 12.0. The summed E-state index contributed by atoms with van der Waals surface area (Å²) in [7, 11) is 0. The van der Waals surface area contributed by atoms with Gasteiger partial charge >= 0.3 is 0 Å². The van der Waals surface area contributed by atoms with E-state index in [1.807, 2.05) is 36.4 Å². The maximum atomic E-state index is 9.94. The number of benzene rings is 2. The van der Waals surface area contributed by atoms with Crippen LogP contribution in [0.2, 0.25) is 5.02 Å². The van der Waals surface area contributed by atoms with Crippen LogP contribution < -0.4 is 10.1 Å². The van der Waals surface area contributed by atoms with Crippen molar-refractivity contribution in [3.63, 3.8) is 0 Å². The van der Waals surface area contributed by atoms with Crippen molar-refractivity contribution in [2.45, 2.75) is 6.10 Å². The molecule has 0 aliphatic rings. The van der Waals surface area contributed by atoms with E-state index in [0.717, 1.165) is 14.6 Å². The summed E-state index contributed by atoms with van der Waals surface area (Å²) in [4.78, 5) is 0. The van der Waals surface area contributed by atoms with E-state index in [2.05, 4.69) is 37.2 Å². The number of aliphatic hydroxyl groups is 1. The molecule has 1 atom stereocenters. The Morgan fingerprint density at radius 3 is 2.62 bits per heavy atom. The Morgan fingerprint density at radius 2 is 1.90 bits per heavy atom. The Hall–Kier alpha value is -0.750. The molecule has 2 aromatic rings. The Bertz CT molecular complexity index is 610. The van der Waals surface area contributed by atoms with E-state index in [0.29, 0.717) is 17.3 Å². The molecule has 6 heteroatoms. The molecular weight excluding hydrogens is 421 g/mol. The molecule has 2 rings (SSSR count). The van der Waals surface area contributed by atoms with E-state index >= 15 is 0 Å². The van der Waals surface area contributed by atoms with Gasteiger partial charge in [-0.2, -0.15) is 0 Å². The van der Waals surface area contributed by atoms with Crippen molar-refractivity contribution in [2.24, 2.45) is 0 Å². The van der Waals surface area contributed by atoms with E-state index in [1.165, 1.54) is 0 Å². The molecule has 0 heterocycles. The zero-order valence-corrected chi connectivity index (χ0v) is 15.0. The van der Waals surface area contributed by atoms with Gasteiger partial charge in [-0.3, -0.25) is 0 Å². The van der Waals surface area contributed by atoms with Crippen molar-refractivity contribution < 1.29 is 9.84 Å². The second-order valence-corrected chi connectivity index (χ2v) is 6.67. The molecule has 0 aliphatic carbocycles. The average molecular weight is 436 g/mol. The number of nitrogens with one attached hydrogen (secondary N) is 1. The van der Waals surface area contributed by atoms with Crippen LogP contribution in [0.4, 0.5) is 5.69 Å². The first-order chi connectivity index (χ1) is 10.0. The van der Waals surface area contributed by atoms with Gasteiger partial charge in [-0.15, -0.1) is 0 Å². The highest BCUT2D eigenvalue weighted by Crippen LogP contribution is 2.25. The third kappa shape index (κ3) is 5.51. The topological polar surface area (TPSA) is 41.5 Å². The van der Waals surface area contributed by atoms with Gasteiger partial charge in [-0.05, 0) is 36.4 Å². The Morgan fingerprint density at radius 1 is 1.14 bits per heavy atom. The minimum Gasteiger partial charge on any atom is -0.491 e. The zero-order chi connectivity index (χ0) is 15.2. The van der Waals surface area contributed by atoms with Crippen LogP contribution in [0.15, 0.2) is 51.4 Å². The molecular formula is C15H14Br2ClNO2. The molecule has 0 amide bonds. The molecule has 0 saturated carbocycles. The highest BCUT2D eigenvalue weighted by molar-refractivity contribution is 9.10. The quantitative estimate of drug-likeness (QED) is 0.690. The molecule has 0 aromatic heterocycles. The number of ether oxygens (including phenoxy) is 1. The maximum Gasteiger partial charge on any atom is 0.120 e. The molecule has 0 saturated heterocycles. The predicted octanol–water partition coefficient (Wildman–Crippen LogP) is 4.72. The third-order valence-corrected chi connectivity index (χ3v) is 4.00. The van der Waals surface area contributed by atoms with Gasteiger partial charge in [0.15, 0.2) is 0 Å². The highest BCUT2D eigenvalue weighted by Gasteiger charge is 2.07. The largest absolute Gasteiger partial charge is 0.491 e. The van der Waals surface area contributed by atoms with Crippen LogP contribution in [-0.2, 0) is 0 Å². The fourth-order valence-corrected chi connectivity index (χ4v) is 2.79. The SMILES string of the molecule is OC(CNc1ccc(Br)cc1Cl)COc1cccc(Br)c1. The molecule has 0 spiro atoms. The Balaban J connectivity index is 1.80. The van der Waals surface area contributed by atoms with E-state index in [9.17, 15) is 5.11 Å². The van der Waals surface area contributed by atoms with E-state index < -0.39 is 6.10 Å². The summed E-state index contributed by atoms with van der Waals surface area (Å²) in [5.41, 5.74) is 0.779. The van der Waals surface area contributed by atoms with Crippen molar-refractivity contribution in [3.8, 4) is 5.75 Å². The van der Waals surface area contributed by atoms with Crippen molar-refractivity contribution in [1.29, 1.82) is 0 Å². The first kappa shape index (κ1) is 16.6. The molecule has 112 valence electrons. The average Bonchev–Trinajstić information content (AvgIpc) is 2.44. The number of halogens is 3. The second-order valence-electron chi connectivity index (χ2n) is 4.43. The number of hydrogen-bond donors (Lipinski definition) is 2. The molecule has 0 bridgehead atoms. The van der Waals surface area contributed by atoms with Gasteiger partial charge in [-0.1, -0.05) is 49.5 Å². The summed E-state index contributed by atoms with van der Waals surface area (Å²) in [6.45, 7) is 0.562. The number of aliphatic hydroxyl groups excluding tert-OH is 1. The highest BCUT2D eigenvalue weighted by atomic mass is 79.9. The third-order valence-electron chi connectivity index (χ3n) is 2.70. The van der Waals surface area contributed by atoms with Crippen LogP contribution >= 0.6 is 43.5 Å². The van der Waals surface area contributed by atoms with Crippen molar-refractivity contribution in [1.82, 2.24) is 0 Å². The lowest BCUT2D eigenvalue weighted by atomic mass is 10.3. The van der Waals surface area contributed by atoms with Gasteiger partial charge in [0.1, 0.15) is 18.5 Å². The van der Waals surface area contributed by atoms with Gasteiger partial charge in [0.25, 0.3) is 0 Å². The summed E-state index contributed by atoms with van der Waals surface area (Å²) in [5, 5.41) is 13.6. The lowest BCUT2D eigenvalue weighted by Crippen LogP contribution is -2.26. The van der Waals surface area contributed by atoms with Gasteiger partial charge in [0.2, 0.25) is 0 Å². The fraction of sp³-hybridized carbons (Fsp3) is 0.200. The van der Waals surface area contributed by atoms with Gasteiger partial charge in [-0.25, -0.2) is 0 Å². The summed E-state index contributed by atoms with van der Waals surface area (Å²) >= 11 is 12.8. The van der Waals surface area contributed by atoms with Crippen LogP contribution in [0.1, 0.15) is 0 Å². The van der Waals surface area contributed by atoms with Crippen LogP contribution in [0.25, 0.3) is 0 Å².